The van der Waals surface area contributed by atoms with E-state index < -0.39 is 0 Å². The van der Waals surface area contributed by atoms with Gasteiger partial charge in [0, 0.05) is 19.4 Å². The van der Waals surface area contributed by atoms with Crippen LogP contribution < -0.4 is 4.74 Å². The van der Waals surface area contributed by atoms with Crippen molar-refractivity contribution in [2.45, 2.75) is 26.7 Å². The Kier molecular flexibility index (Phi) is 4.58. The van der Waals surface area contributed by atoms with E-state index in [0.29, 0.717) is 25.3 Å². The molecule has 0 aliphatic heterocycles. The molecule has 1 aromatic carbocycles. The Morgan fingerprint density at radius 2 is 2.00 bits per heavy atom. The van der Waals surface area contributed by atoms with E-state index in [9.17, 15) is 0 Å². The van der Waals surface area contributed by atoms with Crippen LogP contribution in [-0.2, 0) is 12.8 Å². The molecule has 102 valence electrons. The molecule has 4 nitrogen and oxygen atoms in total. The lowest BCUT2D eigenvalue weighted by Crippen LogP contribution is -1.94. The molecule has 0 saturated carbocycles. The van der Waals surface area contributed by atoms with Gasteiger partial charge in [-0.05, 0) is 31.5 Å². The molecule has 0 aliphatic carbocycles. The SMILES string of the molecule is CCOc1ccc(Cc2nc(CCO)c(C)o2)cc1. The predicted molar refractivity (Wildman–Crippen MR) is 72.4 cm³/mol. The molecular weight excluding hydrogens is 242 g/mol. The van der Waals surface area contributed by atoms with Crippen LogP contribution in [0.15, 0.2) is 28.7 Å². The topological polar surface area (TPSA) is 55.5 Å². The quantitative estimate of drug-likeness (QED) is 0.868. The normalized spacial score (nSPS) is 10.7. The highest BCUT2D eigenvalue weighted by Gasteiger charge is 2.09. The standard InChI is InChI=1S/C15H19NO3/c1-3-18-13-6-4-12(5-7-13)10-15-16-14(8-9-17)11(2)19-15/h4-7,17H,3,8-10H2,1-2H3. The number of aryl methyl sites for hydroxylation is 1. The predicted octanol–water partition coefficient (Wildman–Crippen LogP) is 2.51. The zero-order chi connectivity index (χ0) is 13.7. The minimum atomic E-state index is 0.0931. The summed E-state index contributed by atoms with van der Waals surface area (Å²) in [6, 6.07) is 7.92. The molecule has 0 unspecified atom stereocenters. The van der Waals surface area contributed by atoms with Gasteiger partial charge in [0.25, 0.3) is 0 Å². The first-order valence-corrected chi connectivity index (χ1v) is 6.50. The second kappa shape index (κ2) is 6.38. The summed E-state index contributed by atoms with van der Waals surface area (Å²) >= 11 is 0. The zero-order valence-corrected chi connectivity index (χ0v) is 11.3. The van der Waals surface area contributed by atoms with E-state index in [-0.39, 0.29) is 6.61 Å². The number of nitrogens with zero attached hydrogens (tertiary/aromatic N) is 1. The van der Waals surface area contributed by atoms with E-state index in [2.05, 4.69) is 4.98 Å². The van der Waals surface area contributed by atoms with Crippen molar-refractivity contribution in [1.82, 2.24) is 4.98 Å². The van der Waals surface area contributed by atoms with Crippen LogP contribution in [0, 0.1) is 6.92 Å². The number of rotatable bonds is 6. The molecule has 2 aromatic rings. The highest BCUT2D eigenvalue weighted by molar-refractivity contribution is 5.29. The fourth-order valence-electron chi connectivity index (χ4n) is 1.95. The number of hydrogen-bond donors (Lipinski definition) is 1. The number of oxazole rings is 1. The zero-order valence-electron chi connectivity index (χ0n) is 11.3. The first-order chi connectivity index (χ1) is 9.22. The van der Waals surface area contributed by atoms with Gasteiger partial charge in [0.15, 0.2) is 5.89 Å². The van der Waals surface area contributed by atoms with Crippen molar-refractivity contribution in [1.29, 1.82) is 0 Å². The first kappa shape index (κ1) is 13.6. The van der Waals surface area contributed by atoms with Crippen molar-refractivity contribution >= 4 is 0 Å². The van der Waals surface area contributed by atoms with Crippen LogP contribution in [0.3, 0.4) is 0 Å². The number of ether oxygens (including phenoxy) is 1. The summed E-state index contributed by atoms with van der Waals surface area (Å²) < 4.78 is 11.0. The van der Waals surface area contributed by atoms with Gasteiger partial charge in [-0.1, -0.05) is 12.1 Å². The molecule has 0 aliphatic rings. The summed E-state index contributed by atoms with van der Waals surface area (Å²) in [5.41, 5.74) is 1.96. The lowest BCUT2D eigenvalue weighted by Gasteiger charge is -2.03. The molecule has 0 bridgehead atoms. The molecule has 0 spiro atoms. The van der Waals surface area contributed by atoms with Crippen LogP contribution in [-0.4, -0.2) is 23.3 Å². The summed E-state index contributed by atoms with van der Waals surface area (Å²) in [7, 11) is 0. The van der Waals surface area contributed by atoms with Crippen molar-refractivity contribution in [2.75, 3.05) is 13.2 Å². The lowest BCUT2D eigenvalue weighted by molar-refractivity contribution is 0.297. The molecule has 0 fully saturated rings. The Bertz CT molecular complexity index is 517. The van der Waals surface area contributed by atoms with E-state index >= 15 is 0 Å². The highest BCUT2D eigenvalue weighted by Crippen LogP contribution is 2.17. The fourth-order valence-corrected chi connectivity index (χ4v) is 1.95. The Balaban J connectivity index is 2.05. The van der Waals surface area contributed by atoms with Crippen molar-refractivity contribution in [3.63, 3.8) is 0 Å². The van der Waals surface area contributed by atoms with Crippen LogP contribution in [0.25, 0.3) is 0 Å². The lowest BCUT2D eigenvalue weighted by atomic mass is 10.1. The Hall–Kier alpha value is -1.81. The van der Waals surface area contributed by atoms with Crippen molar-refractivity contribution < 1.29 is 14.3 Å². The smallest absolute Gasteiger partial charge is 0.199 e. The van der Waals surface area contributed by atoms with Gasteiger partial charge in [-0.15, -0.1) is 0 Å². The first-order valence-electron chi connectivity index (χ1n) is 6.50. The van der Waals surface area contributed by atoms with E-state index in [4.69, 9.17) is 14.3 Å². The van der Waals surface area contributed by atoms with E-state index in [0.717, 1.165) is 22.8 Å². The van der Waals surface area contributed by atoms with Crippen molar-refractivity contribution in [3.8, 4) is 5.75 Å². The third-order valence-electron chi connectivity index (χ3n) is 2.88. The minimum Gasteiger partial charge on any atom is -0.494 e. The molecule has 0 amide bonds. The Morgan fingerprint density at radius 3 is 2.63 bits per heavy atom. The highest BCUT2D eigenvalue weighted by atomic mass is 16.5. The number of aliphatic hydroxyl groups excluding tert-OH is 1. The van der Waals surface area contributed by atoms with Crippen molar-refractivity contribution in [2.24, 2.45) is 0 Å². The molecule has 4 heteroatoms. The summed E-state index contributed by atoms with van der Waals surface area (Å²) in [6.45, 7) is 4.60. The van der Waals surface area contributed by atoms with Crippen LogP contribution in [0.5, 0.6) is 5.75 Å². The monoisotopic (exact) mass is 261 g/mol. The van der Waals surface area contributed by atoms with Crippen LogP contribution in [0.2, 0.25) is 0 Å². The largest absolute Gasteiger partial charge is 0.494 e. The van der Waals surface area contributed by atoms with Crippen LogP contribution in [0.1, 0.15) is 29.8 Å². The molecule has 2 rings (SSSR count). The fraction of sp³-hybridized carbons (Fsp3) is 0.400. The molecular formula is C15H19NO3. The summed E-state index contributed by atoms with van der Waals surface area (Å²) in [4.78, 5) is 4.40. The molecule has 1 N–H and O–H groups in total. The number of aliphatic hydroxyl groups is 1. The number of benzene rings is 1. The molecule has 19 heavy (non-hydrogen) atoms. The number of hydrogen-bond acceptors (Lipinski definition) is 4. The average molecular weight is 261 g/mol. The maximum Gasteiger partial charge on any atom is 0.199 e. The van der Waals surface area contributed by atoms with Gasteiger partial charge in [-0.25, -0.2) is 4.98 Å². The second-order valence-corrected chi connectivity index (χ2v) is 4.34. The minimum absolute atomic E-state index is 0.0931. The Labute approximate surface area is 113 Å². The van der Waals surface area contributed by atoms with Gasteiger partial charge in [0.1, 0.15) is 11.5 Å². The molecule has 1 heterocycles. The van der Waals surface area contributed by atoms with E-state index in [1.54, 1.807) is 0 Å². The number of aromatic nitrogens is 1. The molecule has 0 atom stereocenters. The summed E-state index contributed by atoms with van der Waals surface area (Å²) in [6.07, 6.45) is 1.19. The van der Waals surface area contributed by atoms with Gasteiger partial charge in [-0.3, -0.25) is 0 Å². The second-order valence-electron chi connectivity index (χ2n) is 4.34. The summed E-state index contributed by atoms with van der Waals surface area (Å²) in [5, 5.41) is 8.93. The van der Waals surface area contributed by atoms with Gasteiger partial charge < -0.3 is 14.3 Å². The van der Waals surface area contributed by atoms with Crippen LogP contribution in [0.4, 0.5) is 0 Å². The average Bonchev–Trinajstić information content (AvgIpc) is 2.73. The third-order valence-corrected chi connectivity index (χ3v) is 2.88. The molecule has 0 radical (unpaired) electrons. The van der Waals surface area contributed by atoms with Gasteiger partial charge >= 0.3 is 0 Å². The van der Waals surface area contributed by atoms with Crippen molar-refractivity contribution in [3.05, 3.63) is 47.2 Å². The summed E-state index contributed by atoms with van der Waals surface area (Å²) in [5.74, 6) is 2.34. The molecule has 1 aromatic heterocycles. The Morgan fingerprint density at radius 1 is 1.26 bits per heavy atom. The maximum atomic E-state index is 8.93. The van der Waals surface area contributed by atoms with Gasteiger partial charge in [0.05, 0.1) is 12.3 Å². The third kappa shape index (κ3) is 3.58. The van der Waals surface area contributed by atoms with Gasteiger partial charge in [-0.2, -0.15) is 0 Å². The van der Waals surface area contributed by atoms with Crippen LogP contribution >= 0.6 is 0 Å². The molecule has 0 saturated heterocycles. The van der Waals surface area contributed by atoms with Gasteiger partial charge in [0.2, 0.25) is 0 Å². The maximum absolute atomic E-state index is 8.93. The van der Waals surface area contributed by atoms with E-state index in [1.165, 1.54) is 0 Å². The van der Waals surface area contributed by atoms with E-state index in [1.807, 2.05) is 38.1 Å².